The molecular weight excluding hydrogens is 318 g/mol. The number of nitrogens with zero attached hydrogens (tertiary/aromatic N) is 2. The summed E-state index contributed by atoms with van der Waals surface area (Å²) in [5.74, 6) is -0.219. The fourth-order valence-corrected chi connectivity index (χ4v) is 2.32. The van der Waals surface area contributed by atoms with Crippen LogP contribution >= 0.6 is 0 Å². The van der Waals surface area contributed by atoms with Crippen LogP contribution in [0.2, 0.25) is 0 Å². The van der Waals surface area contributed by atoms with E-state index in [4.69, 9.17) is 9.15 Å². The summed E-state index contributed by atoms with van der Waals surface area (Å²) in [5, 5.41) is 13.5. The summed E-state index contributed by atoms with van der Waals surface area (Å²) < 4.78 is 10.1. The first-order chi connectivity index (χ1) is 11.5. The molecule has 1 N–H and O–H groups in total. The summed E-state index contributed by atoms with van der Waals surface area (Å²) in [6.45, 7) is 0.0385. The van der Waals surface area contributed by atoms with Crippen molar-refractivity contribution in [1.29, 1.82) is 0 Å². The normalized spacial score (nSPS) is 13.2. The van der Waals surface area contributed by atoms with E-state index in [9.17, 15) is 19.7 Å². The van der Waals surface area contributed by atoms with E-state index in [0.29, 0.717) is 11.4 Å². The maximum absolute atomic E-state index is 12.0. The second-order valence-corrected chi connectivity index (χ2v) is 5.10. The molecular formula is C15H13N3O6. The summed E-state index contributed by atoms with van der Waals surface area (Å²) in [7, 11) is 0. The van der Waals surface area contributed by atoms with E-state index < -0.39 is 10.9 Å². The molecule has 0 atom stereocenters. The van der Waals surface area contributed by atoms with Crippen molar-refractivity contribution in [3.8, 4) is 5.75 Å². The van der Waals surface area contributed by atoms with Gasteiger partial charge in [0.25, 0.3) is 5.69 Å². The van der Waals surface area contributed by atoms with Gasteiger partial charge in [0.2, 0.25) is 5.91 Å². The number of carbonyl (C=O) groups excluding carboxylic acids is 2. The van der Waals surface area contributed by atoms with Crippen molar-refractivity contribution in [2.75, 3.05) is 18.0 Å². The highest BCUT2D eigenvalue weighted by atomic mass is 16.6. The predicted octanol–water partition coefficient (Wildman–Crippen LogP) is 1.23. The summed E-state index contributed by atoms with van der Waals surface area (Å²) >= 11 is 0. The fraction of sp³-hybridized carbons (Fsp3) is 0.200. The average Bonchev–Trinajstić information content (AvgIpc) is 3.05. The molecule has 0 fully saturated rings. The molecule has 3 rings (SSSR count). The Morgan fingerprint density at radius 2 is 2.21 bits per heavy atom. The molecule has 0 spiro atoms. The standard InChI is InChI=1S/C15H13N3O6/c19-14(16-7-11-2-1-5-23-11)8-17-9-15(20)24-13-6-10(18(21)22)3-4-12(13)17/h1-6H,7-9H2,(H,16,19). The number of hydrogen-bond acceptors (Lipinski definition) is 7. The summed E-state index contributed by atoms with van der Waals surface area (Å²) in [6.07, 6.45) is 1.51. The highest BCUT2D eigenvalue weighted by Gasteiger charge is 2.27. The number of nitrogens with one attached hydrogen (secondary N) is 1. The average molecular weight is 331 g/mol. The van der Waals surface area contributed by atoms with Crippen molar-refractivity contribution in [2.24, 2.45) is 0 Å². The van der Waals surface area contributed by atoms with Gasteiger partial charge in [-0.1, -0.05) is 0 Å². The first-order valence-electron chi connectivity index (χ1n) is 7.06. The Labute approximate surface area is 136 Å². The van der Waals surface area contributed by atoms with Crippen molar-refractivity contribution >= 4 is 23.3 Å². The van der Waals surface area contributed by atoms with Gasteiger partial charge in [0, 0.05) is 6.07 Å². The number of nitro benzene ring substituents is 1. The van der Waals surface area contributed by atoms with E-state index in [0.717, 1.165) is 0 Å². The molecule has 9 heteroatoms. The van der Waals surface area contributed by atoms with Gasteiger partial charge in [-0.2, -0.15) is 0 Å². The number of benzene rings is 1. The number of furan rings is 1. The Balaban J connectivity index is 1.71. The number of amides is 1. The molecule has 0 saturated carbocycles. The number of non-ortho nitro benzene ring substituents is 1. The molecule has 24 heavy (non-hydrogen) atoms. The third-order valence-electron chi connectivity index (χ3n) is 3.41. The molecule has 0 radical (unpaired) electrons. The maximum Gasteiger partial charge on any atom is 0.331 e. The van der Waals surface area contributed by atoms with Crippen molar-refractivity contribution in [3.05, 3.63) is 52.5 Å². The molecule has 0 saturated heterocycles. The van der Waals surface area contributed by atoms with Crippen molar-refractivity contribution in [3.63, 3.8) is 0 Å². The number of rotatable bonds is 5. The number of ether oxygens (including phenoxy) is 1. The molecule has 9 nitrogen and oxygen atoms in total. The molecule has 0 bridgehead atoms. The van der Waals surface area contributed by atoms with Gasteiger partial charge in [-0.25, -0.2) is 4.79 Å². The van der Waals surface area contributed by atoms with Crippen LogP contribution in [-0.4, -0.2) is 29.9 Å². The Morgan fingerprint density at radius 1 is 1.38 bits per heavy atom. The number of anilines is 1. The lowest BCUT2D eigenvalue weighted by Crippen LogP contribution is -2.43. The van der Waals surface area contributed by atoms with Gasteiger partial charge in [-0.15, -0.1) is 0 Å². The SMILES string of the molecule is O=C(CN1CC(=O)Oc2cc([N+](=O)[O-])ccc21)NCc1ccco1. The van der Waals surface area contributed by atoms with Crippen LogP contribution in [0.15, 0.2) is 41.0 Å². The topological polar surface area (TPSA) is 115 Å². The fourth-order valence-electron chi connectivity index (χ4n) is 2.32. The number of hydrogen-bond donors (Lipinski definition) is 1. The lowest BCUT2D eigenvalue weighted by Gasteiger charge is -2.28. The number of fused-ring (bicyclic) bond motifs is 1. The van der Waals surface area contributed by atoms with Gasteiger partial charge in [0.05, 0.1) is 36.0 Å². The van der Waals surface area contributed by atoms with Crippen molar-refractivity contribution in [1.82, 2.24) is 5.32 Å². The van der Waals surface area contributed by atoms with Crippen LogP contribution < -0.4 is 15.0 Å². The maximum atomic E-state index is 12.0. The van der Waals surface area contributed by atoms with Crippen LogP contribution in [0.3, 0.4) is 0 Å². The van der Waals surface area contributed by atoms with Crippen LogP contribution in [0, 0.1) is 10.1 Å². The molecule has 2 heterocycles. The molecule has 0 aliphatic carbocycles. The third kappa shape index (κ3) is 3.35. The molecule has 0 unspecified atom stereocenters. The first kappa shape index (κ1) is 15.5. The van der Waals surface area contributed by atoms with Gasteiger partial charge in [-0.3, -0.25) is 14.9 Å². The lowest BCUT2D eigenvalue weighted by atomic mass is 10.2. The minimum atomic E-state index is -0.582. The van der Waals surface area contributed by atoms with Crippen molar-refractivity contribution in [2.45, 2.75) is 6.54 Å². The zero-order chi connectivity index (χ0) is 17.1. The monoisotopic (exact) mass is 331 g/mol. The van der Waals surface area contributed by atoms with Crippen LogP contribution in [0.25, 0.3) is 0 Å². The van der Waals surface area contributed by atoms with Gasteiger partial charge >= 0.3 is 5.97 Å². The van der Waals surface area contributed by atoms with Crippen LogP contribution in [-0.2, 0) is 16.1 Å². The molecule has 1 aromatic carbocycles. The molecule has 1 amide bonds. The summed E-state index contributed by atoms with van der Waals surface area (Å²) in [4.78, 5) is 35.4. The second kappa shape index (κ2) is 6.41. The van der Waals surface area contributed by atoms with E-state index in [1.165, 1.54) is 29.4 Å². The van der Waals surface area contributed by atoms with Gasteiger partial charge in [-0.05, 0) is 18.2 Å². The van der Waals surface area contributed by atoms with Crippen LogP contribution in [0.4, 0.5) is 11.4 Å². The first-order valence-corrected chi connectivity index (χ1v) is 7.06. The molecule has 1 aliphatic rings. The molecule has 2 aromatic rings. The summed E-state index contributed by atoms with van der Waals surface area (Å²) in [5.41, 5.74) is 0.263. The Kier molecular flexibility index (Phi) is 4.15. The van der Waals surface area contributed by atoms with E-state index in [2.05, 4.69) is 5.32 Å². The van der Waals surface area contributed by atoms with E-state index in [1.807, 2.05) is 0 Å². The van der Waals surface area contributed by atoms with Crippen molar-refractivity contribution < 1.29 is 23.7 Å². The zero-order valence-corrected chi connectivity index (χ0v) is 12.4. The Morgan fingerprint density at radius 3 is 2.92 bits per heavy atom. The second-order valence-electron chi connectivity index (χ2n) is 5.10. The third-order valence-corrected chi connectivity index (χ3v) is 3.41. The van der Waals surface area contributed by atoms with Gasteiger partial charge in [0.15, 0.2) is 5.75 Å². The minimum absolute atomic E-state index is 0.0688. The van der Waals surface area contributed by atoms with Crippen LogP contribution in [0.1, 0.15) is 5.76 Å². The van der Waals surface area contributed by atoms with E-state index in [-0.39, 0.29) is 37.0 Å². The number of esters is 1. The largest absolute Gasteiger partial charge is 0.467 e. The highest BCUT2D eigenvalue weighted by Crippen LogP contribution is 2.34. The minimum Gasteiger partial charge on any atom is -0.467 e. The Bertz CT molecular complexity index is 787. The van der Waals surface area contributed by atoms with Crippen LogP contribution in [0.5, 0.6) is 5.75 Å². The molecule has 1 aliphatic heterocycles. The Hall–Kier alpha value is -3.36. The quantitative estimate of drug-likeness (QED) is 0.379. The van der Waals surface area contributed by atoms with Gasteiger partial charge < -0.3 is 19.4 Å². The smallest absolute Gasteiger partial charge is 0.331 e. The molecule has 124 valence electrons. The molecule has 1 aromatic heterocycles. The summed E-state index contributed by atoms with van der Waals surface area (Å²) in [6, 6.07) is 7.36. The van der Waals surface area contributed by atoms with E-state index >= 15 is 0 Å². The van der Waals surface area contributed by atoms with Gasteiger partial charge in [0.1, 0.15) is 12.3 Å². The van der Waals surface area contributed by atoms with E-state index in [1.54, 1.807) is 12.1 Å². The highest BCUT2D eigenvalue weighted by molar-refractivity contribution is 5.89. The predicted molar refractivity (Wildman–Crippen MR) is 81.5 cm³/mol. The number of carbonyl (C=O) groups is 2. The zero-order valence-electron chi connectivity index (χ0n) is 12.4. The lowest BCUT2D eigenvalue weighted by molar-refractivity contribution is -0.384. The number of nitro groups is 1.